The first-order chi connectivity index (χ1) is 9.33. The van der Waals surface area contributed by atoms with E-state index >= 15 is 0 Å². The molecule has 2 aromatic rings. The Balaban J connectivity index is 1.73. The standard InChI is InChI=1S/C14H16ClN3O/c15-12-6-2-1-4-10(12)8-13-17-14(19-18-13)11-5-3-7-16-9-11/h1-2,4,6,11,16H,3,5,7-9H2/t11-/m0/s1. The van der Waals surface area contributed by atoms with Crippen LogP contribution >= 0.6 is 11.6 Å². The molecular weight excluding hydrogens is 262 g/mol. The summed E-state index contributed by atoms with van der Waals surface area (Å²) in [6.07, 6.45) is 2.89. The molecule has 2 heterocycles. The number of benzene rings is 1. The highest BCUT2D eigenvalue weighted by molar-refractivity contribution is 6.31. The Morgan fingerprint density at radius 1 is 1.37 bits per heavy atom. The lowest BCUT2D eigenvalue weighted by molar-refractivity contribution is 0.320. The minimum absolute atomic E-state index is 0.348. The fourth-order valence-electron chi connectivity index (χ4n) is 2.38. The monoisotopic (exact) mass is 277 g/mol. The summed E-state index contributed by atoms with van der Waals surface area (Å²) in [7, 11) is 0. The maximum Gasteiger partial charge on any atom is 0.231 e. The van der Waals surface area contributed by atoms with Gasteiger partial charge in [0, 0.05) is 18.0 Å². The summed E-state index contributed by atoms with van der Waals surface area (Å²) < 4.78 is 5.37. The van der Waals surface area contributed by atoms with Gasteiger partial charge in [-0.25, -0.2) is 0 Å². The van der Waals surface area contributed by atoms with E-state index in [2.05, 4.69) is 15.5 Å². The van der Waals surface area contributed by atoms with Gasteiger partial charge in [0.15, 0.2) is 5.82 Å². The fourth-order valence-corrected chi connectivity index (χ4v) is 2.58. The second-order valence-corrected chi connectivity index (χ2v) is 5.27. The van der Waals surface area contributed by atoms with Crippen molar-refractivity contribution in [1.29, 1.82) is 0 Å². The Kier molecular flexibility index (Phi) is 3.80. The molecule has 0 unspecified atom stereocenters. The van der Waals surface area contributed by atoms with Crippen molar-refractivity contribution in [3.8, 4) is 0 Å². The maximum atomic E-state index is 6.13. The molecule has 1 fully saturated rings. The predicted molar refractivity (Wildman–Crippen MR) is 73.4 cm³/mol. The third-order valence-corrected chi connectivity index (χ3v) is 3.81. The Morgan fingerprint density at radius 2 is 2.26 bits per heavy atom. The molecule has 1 atom stereocenters. The largest absolute Gasteiger partial charge is 0.339 e. The van der Waals surface area contributed by atoms with Crippen LogP contribution in [0.3, 0.4) is 0 Å². The van der Waals surface area contributed by atoms with Crippen LogP contribution in [0.5, 0.6) is 0 Å². The molecule has 100 valence electrons. The van der Waals surface area contributed by atoms with E-state index in [1.165, 1.54) is 0 Å². The molecule has 3 rings (SSSR count). The van der Waals surface area contributed by atoms with Gasteiger partial charge in [-0.1, -0.05) is 35.0 Å². The summed E-state index contributed by atoms with van der Waals surface area (Å²) in [5.41, 5.74) is 1.03. The van der Waals surface area contributed by atoms with Crippen molar-refractivity contribution in [2.45, 2.75) is 25.2 Å². The molecule has 1 aromatic carbocycles. The molecule has 0 spiro atoms. The molecule has 1 N–H and O–H groups in total. The minimum atomic E-state index is 0.348. The molecular formula is C14H16ClN3O. The Morgan fingerprint density at radius 3 is 3.05 bits per heavy atom. The minimum Gasteiger partial charge on any atom is -0.339 e. The zero-order valence-electron chi connectivity index (χ0n) is 10.6. The van der Waals surface area contributed by atoms with Crippen molar-refractivity contribution in [2.24, 2.45) is 0 Å². The lowest BCUT2D eigenvalue weighted by Gasteiger charge is -2.18. The number of piperidine rings is 1. The van der Waals surface area contributed by atoms with Gasteiger partial charge in [0.05, 0.1) is 5.92 Å². The van der Waals surface area contributed by atoms with Gasteiger partial charge >= 0.3 is 0 Å². The van der Waals surface area contributed by atoms with Crippen LogP contribution in [-0.2, 0) is 6.42 Å². The van der Waals surface area contributed by atoms with Gasteiger partial charge in [-0.15, -0.1) is 0 Å². The van der Waals surface area contributed by atoms with Crippen molar-refractivity contribution in [1.82, 2.24) is 15.5 Å². The number of aromatic nitrogens is 2. The number of rotatable bonds is 3. The lowest BCUT2D eigenvalue weighted by Crippen LogP contribution is -2.28. The number of nitrogens with zero attached hydrogens (tertiary/aromatic N) is 2. The normalized spacial score (nSPS) is 19.5. The number of nitrogens with one attached hydrogen (secondary N) is 1. The fraction of sp³-hybridized carbons (Fsp3) is 0.429. The Hall–Kier alpha value is -1.39. The molecule has 0 bridgehead atoms. The number of hydrogen-bond donors (Lipinski definition) is 1. The van der Waals surface area contributed by atoms with Crippen LogP contribution < -0.4 is 5.32 Å². The first kappa shape index (κ1) is 12.6. The van der Waals surface area contributed by atoms with Crippen LogP contribution in [0.15, 0.2) is 28.8 Å². The molecule has 1 aliphatic rings. The second kappa shape index (κ2) is 5.72. The molecule has 1 aromatic heterocycles. The van der Waals surface area contributed by atoms with Gasteiger partial charge in [0.2, 0.25) is 5.89 Å². The average molecular weight is 278 g/mol. The van der Waals surface area contributed by atoms with Crippen LogP contribution in [0.2, 0.25) is 5.02 Å². The van der Waals surface area contributed by atoms with Crippen LogP contribution in [-0.4, -0.2) is 23.2 Å². The zero-order chi connectivity index (χ0) is 13.1. The highest BCUT2D eigenvalue weighted by Crippen LogP contribution is 2.23. The third-order valence-electron chi connectivity index (χ3n) is 3.44. The molecule has 4 nitrogen and oxygen atoms in total. The molecule has 1 aliphatic heterocycles. The zero-order valence-corrected chi connectivity index (χ0v) is 11.4. The Labute approximate surface area is 117 Å². The van der Waals surface area contributed by atoms with E-state index in [9.17, 15) is 0 Å². The van der Waals surface area contributed by atoms with Gasteiger partial charge in [0.1, 0.15) is 0 Å². The van der Waals surface area contributed by atoms with E-state index in [0.717, 1.165) is 42.4 Å². The van der Waals surface area contributed by atoms with Gasteiger partial charge in [-0.05, 0) is 31.0 Å². The summed E-state index contributed by atoms with van der Waals surface area (Å²) in [6.45, 7) is 2.00. The highest BCUT2D eigenvalue weighted by Gasteiger charge is 2.21. The van der Waals surface area contributed by atoms with Crippen molar-refractivity contribution >= 4 is 11.6 Å². The van der Waals surface area contributed by atoms with Crippen LogP contribution in [0, 0.1) is 0 Å². The molecule has 0 radical (unpaired) electrons. The molecule has 0 aliphatic carbocycles. The van der Waals surface area contributed by atoms with E-state index in [1.54, 1.807) is 0 Å². The topological polar surface area (TPSA) is 51.0 Å². The first-order valence-corrected chi connectivity index (χ1v) is 6.97. The summed E-state index contributed by atoms with van der Waals surface area (Å²) in [4.78, 5) is 4.49. The average Bonchev–Trinajstić information content (AvgIpc) is 2.91. The van der Waals surface area contributed by atoms with E-state index < -0.39 is 0 Å². The number of hydrogen-bond acceptors (Lipinski definition) is 4. The van der Waals surface area contributed by atoms with Gasteiger partial charge < -0.3 is 9.84 Å². The van der Waals surface area contributed by atoms with Crippen LogP contribution in [0.25, 0.3) is 0 Å². The highest BCUT2D eigenvalue weighted by atomic mass is 35.5. The summed E-state index contributed by atoms with van der Waals surface area (Å²) in [6, 6.07) is 7.75. The van der Waals surface area contributed by atoms with Gasteiger partial charge in [0.25, 0.3) is 0 Å². The quantitative estimate of drug-likeness (QED) is 0.937. The van der Waals surface area contributed by atoms with E-state index in [-0.39, 0.29) is 0 Å². The van der Waals surface area contributed by atoms with Crippen LogP contribution in [0.1, 0.15) is 36.0 Å². The van der Waals surface area contributed by atoms with Gasteiger partial charge in [-0.3, -0.25) is 0 Å². The second-order valence-electron chi connectivity index (χ2n) is 4.86. The first-order valence-electron chi connectivity index (χ1n) is 6.59. The van der Waals surface area contributed by atoms with Crippen molar-refractivity contribution in [3.63, 3.8) is 0 Å². The van der Waals surface area contributed by atoms with Crippen molar-refractivity contribution in [3.05, 3.63) is 46.6 Å². The summed E-state index contributed by atoms with van der Waals surface area (Å²) in [5, 5.41) is 8.15. The maximum absolute atomic E-state index is 6.13. The summed E-state index contributed by atoms with van der Waals surface area (Å²) >= 11 is 6.13. The van der Waals surface area contributed by atoms with E-state index in [1.807, 2.05) is 24.3 Å². The summed E-state index contributed by atoms with van der Waals surface area (Å²) in [5.74, 6) is 1.80. The predicted octanol–water partition coefficient (Wildman–Crippen LogP) is 2.78. The molecule has 0 amide bonds. The smallest absolute Gasteiger partial charge is 0.231 e. The van der Waals surface area contributed by atoms with E-state index in [4.69, 9.17) is 16.1 Å². The van der Waals surface area contributed by atoms with Crippen LogP contribution in [0.4, 0.5) is 0 Å². The molecule has 19 heavy (non-hydrogen) atoms. The third kappa shape index (κ3) is 2.96. The SMILES string of the molecule is Clc1ccccc1Cc1noc([C@H]2CCCNC2)n1. The lowest BCUT2D eigenvalue weighted by atomic mass is 10.00. The Bertz CT molecular complexity index is 549. The number of halogens is 1. The molecule has 5 heteroatoms. The molecule has 0 saturated carbocycles. The molecule has 1 saturated heterocycles. The van der Waals surface area contributed by atoms with Crippen molar-refractivity contribution in [2.75, 3.05) is 13.1 Å². The van der Waals surface area contributed by atoms with Crippen molar-refractivity contribution < 1.29 is 4.52 Å². The van der Waals surface area contributed by atoms with E-state index in [0.29, 0.717) is 18.2 Å². The van der Waals surface area contributed by atoms with Gasteiger partial charge in [-0.2, -0.15) is 4.98 Å².